The van der Waals surface area contributed by atoms with E-state index in [4.69, 9.17) is 0 Å². The third-order valence-electron chi connectivity index (χ3n) is 6.65. The summed E-state index contributed by atoms with van der Waals surface area (Å²) in [6.07, 6.45) is 8.52. The van der Waals surface area contributed by atoms with Gasteiger partial charge in [0.1, 0.15) is 0 Å². The quantitative estimate of drug-likeness (QED) is 0.641. The SMILES string of the molecule is CCC1CC2CC(C)CC(NCc3sc4scc(C)c4c3C)(C1)C2. The highest BCUT2D eigenvalue weighted by Crippen LogP contribution is 2.48. The molecule has 4 unspecified atom stereocenters. The van der Waals surface area contributed by atoms with Crippen LogP contribution < -0.4 is 5.32 Å². The lowest BCUT2D eigenvalue weighted by atomic mass is 9.60. The maximum Gasteiger partial charge on any atom is 0.0873 e. The van der Waals surface area contributed by atoms with E-state index in [0.717, 1.165) is 24.3 Å². The van der Waals surface area contributed by atoms with Crippen LogP contribution in [0.3, 0.4) is 0 Å². The Hall–Kier alpha value is -0.380. The van der Waals surface area contributed by atoms with E-state index < -0.39 is 0 Å². The highest BCUT2D eigenvalue weighted by Gasteiger charge is 2.44. The smallest absolute Gasteiger partial charge is 0.0873 e. The van der Waals surface area contributed by atoms with E-state index in [1.54, 1.807) is 4.88 Å². The van der Waals surface area contributed by atoms with Crippen molar-refractivity contribution in [3.05, 3.63) is 21.4 Å². The summed E-state index contributed by atoms with van der Waals surface area (Å²) in [5.74, 6) is 2.80. The number of nitrogens with one attached hydrogen (secondary N) is 1. The molecule has 0 spiro atoms. The normalized spacial score (nSPS) is 33.2. The molecule has 0 saturated heterocycles. The molecule has 0 radical (unpaired) electrons. The lowest BCUT2D eigenvalue weighted by Crippen LogP contribution is -2.54. The fourth-order valence-electron chi connectivity index (χ4n) is 5.73. The predicted octanol–water partition coefficient (Wildman–Crippen LogP) is 6.66. The number of thiophene rings is 2. The van der Waals surface area contributed by atoms with Gasteiger partial charge in [-0.15, -0.1) is 22.7 Å². The van der Waals surface area contributed by atoms with E-state index in [1.807, 2.05) is 22.7 Å². The number of aryl methyl sites for hydroxylation is 2. The zero-order valence-electron chi connectivity index (χ0n) is 15.6. The average Bonchev–Trinajstić information content (AvgIpc) is 3.05. The summed E-state index contributed by atoms with van der Waals surface area (Å²) in [4.78, 5) is 1.57. The molecule has 132 valence electrons. The molecule has 2 heterocycles. The van der Waals surface area contributed by atoms with Gasteiger partial charge in [0.2, 0.25) is 0 Å². The molecular weight excluding hydrogens is 330 g/mol. The molecule has 2 aliphatic carbocycles. The Balaban J connectivity index is 1.55. The van der Waals surface area contributed by atoms with Crippen LogP contribution in [0.2, 0.25) is 0 Å². The largest absolute Gasteiger partial charge is 0.306 e. The molecule has 4 rings (SSSR count). The van der Waals surface area contributed by atoms with Gasteiger partial charge in [0.25, 0.3) is 0 Å². The molecule has 2 aliphatic rings. The van der Waals surface area contributed by atoms with Gasteiger partial charge in [-0.3, -0.25) is 0 Å². The van der Waals surface area contributed by atoms with E-state index in [0.29, 0.717) is 5.54 Å². The third-order valence-corrected chi connectivity index (χ3v) is 9.17. The van der Waals surface area contributed by atoms with Gasteiger partial charge in [0.15, 0.2) is 0 Å². The van der Waals surface area contributed by atoms with Crippen LogP contribution in [0.25, 0.3) is 9.40 Å². The molecule has 0 amide bonds. The van der Waals surface area contributed by atoms with Crippen LogP contribution in [0.15, 0.2) is 5.38 Å². The Kier molecular flexibility index (Phi) is 4.55. The summed E-state index contributed by atoms with van der Waals surface area (Å²) in [7, 11) is 0. The topological polar surface area (TPSA) is 12.0 Å². The third kappa shape index (κ3) is 2.97. The standard InChI is InChI=1S/C21H31NS2/c1-5-16-7-17-6-13(2)8-21(9-16,10-17)22-11-18-15(4)19-14(3)12-23-20(19)24-18/h12-13,16-17,22H,5-11H2,1-4H3. The molecule has 2 saturated carbocycles. The number of fused-ring (bicyclic) bond motifs is 3. The van der Waals surface area contributed by atoms with Gasteiger partial charge in [-0.1, -0.05) is 20.3 Å². The Labute approximate surface area is 154 Å². The Bertz CT molecular complexity index is 724. The van der Waals surface area contributed by atoms with Crippen molar-refractivity contribution in [3.63, 3.8) is 0 Å². The minimum atomic E-state index is 0.417. The van der Waals surface area contributed by atoms with Gasteiger partial charge >= 0.3 is 0 Å². The van der Waals surface area contributed by atoms with Crippen LogP contribution in [-0.2, 0) is 6.54 Å². The van der Waals surface area contributed by atoms with Crippen LogP contribution in [0, 0.1) is 31.6 Å². The highest BCUT2D eigenvalue weighted by molar-refractivity contribution is 7.37. The molecule has 2 fully saturated rings. The minimum Gasteiger partial charge on any atom is -0.306 e. The second kappa shape index (κ2) is 6.41. The zero-order chi connectivity index (χ0) is 16.9. The fraction of sp³-hybridized carbons (Fsp3) is 0.714. The van der Waals surface area contributed by atoms with Crippen molar-refractivity contribution in [3.8, 4) is 0 Å². The average molecular weight is 362 g/mol. The Morgan fingerprint density at radius 1 is 1.21 bits per heavy atom. The molecule has 2 aromatic heterocycles. The zero-order valence-corrected chi connectivity index (χ0v) is 17.2. The molecule has 1 N–H and O–H groups in total. The van der Waals surface area contributed by atoms with Crippen LogP contribution in [0.4, 0.5) is 0 Å². The number of hydrogen-bond donors (Lipinski definition) is 1. The van der Waals surface area contributed by atoms with Crippen molar-refractivity contribution in [2.24, 2.45) is 17.8 Å². The predicted molar refractivity (Wildman–Crippen MR) is 108 cm³/mol. The Morgan fingerprint density at radius 3 is 2.79 bits per heavy atom. The maximum absolute atomic E-state index is 4.10. The van der Waals surface area contributed by atoms with Crippen molar-refractivity contribution < 1.29 is 0 Å². The lowest BCUT2D eigenvalue weighted by molar-refractivity contribution is 0.0477. The fourth-order valence-corrected chi connectivity index (χ4v) is 8.24. The number of rotatable bonds is 4. The molecule has 2 aromatic rings. The van der Waals surface area contributed by atoms with Crippen LogP contribution >= 0.6 is 22.7 Å². The van der Waals surface area contributed by atoms with Gasteiger partial charge in [0.05, 0.1) is 4.01 Å². The summed E-state index contributed by atoms with van der Waals surface area (Å²) in [6.45, 7) is 10.5. The van der Waals surface area contributed by atoms with Crippen molar-refractivity contribution in [2.75, 3.05) is 0 Å². The first-order valence-corrected chi connectivity index (χ1v) is 11.4. The molecule has 1 nitrogen and oxygen atoms in total. The molecule has 3 heteroatoms. The van der Waals surface area contributed by atoms with Gasteiger partial charge < -0.3 is 5.32 Å². The first-order chi connectivity index (χ1) is 11.5. The summed E-state index contributed by atoms with van der Waals surface area (Å²) in [5.41, 5.74) is 3.41. The molecule has 24 heavy (non-hydrogen) atoms. The van der Waals surface area contributed by atoms with Crippen LogP contribution in [-0.4, -0.2) is 5.54 Å². The van der Waals surface area contributed by atoms with Gasteiger partial charge in [-0.25, -0.2) is 0 Å². The maximum atomic E-state index is 4.10. The molecule has 4 atom stereocenters. The van der Waals surface area contributed by atoms with E-state index in [1.165, 1.54) is 59.1 Å². The van der Waals surface area contributed by atoms with E-state index >= 15 is 0 Å². The second-order valence-electron chi connectivity index (χ2n) is 8.69. The molecule has 2 bridgehead atoms. The molecule has 0 aromatic carbocycles. The first kappa shape index (κ1) is 17.1. The first-order valence-electron chi connectivity index (χ1n) is 9.70. The highest BCUT2D eigenvalue weighted by atomic mass is 32.2. The van der Waals surface area contributed by atoms with Gasteiger partial charge in [-0.05, 0) is 80.2 Å². The van der Waals surface area contributed by atoms with Crippen molar-refractivity contribution in [1.29, 1.82) is 0 Å². The minimum absolute atomic E-state index is 0.417. The summed E-state index contributed by atoms with van der Waals surface area (Å²) in [5, 5.41) is 7.95. The van der Waals surface area contributed by atoms with Crippen LogP contribution in [0.5, 0.6) is 0 Å². The summed E-state index contributed by atoms with van der Waals surface area (Å²) in [6, 6.07) is 0. The van der Waals surface area contributed by atoms with Crippen molar-refractivity contribution in [1.82, 2.24) is 5.32 Å². The molecular formula is C21H31NS2. The Morgan fingerprint density at radius 2 is 2.04 bits per heavy atom. The van der Waals surface area contributed by atoms with Gasteiger partial charge in [0, 0.05) is 22.3 Å². The van der Waals surface area contributed by atoms with Gasteiger partial charge in [-0.2, -0.15) is 0 Å². The van der Waals surface area contributed by atoms with Crippen molar-refractivity contribution in [2.45, 2.75) is 78.3 Å². The van der Waals surface area contributed by atoms with E-state index in [9.17, 15) is 0 Å². The van der Waals surface area contributed by atoms with Crippen LogP contribution in [0.1, 0.15) is 68.4 Å². The van der Waals surface area contributed by atoms with E-state index in [-0.39, 0.29) is 0 Å². The summed E-state index contributed by atoms with van der Waals surface area (Å²) < 4.78 is 1.52. The monoisotopic (exact) mass is 361 g/mol. The lowest BCUT2D eigenvalue weighted by Gasteiger charge is -2.51. The van der Waals surface area contributed by atoms with Crippen molar-refractivity contribution >= 4 is 32.1 Å². The van der Waals surface area contributed by atoms with E-state index in [2.05, 4.69) is 38.4 Å². The number of hydrogen-bond acceptors (Lipinski definition) is 3. The summed E-state index contributed by atoms with van der Waals surface area (Å²) >= 11 is 3.95. The second-order valence-corrected chi connectivity index (χ2v) is 10.9. The molecule has 0 aliphatic heterocycles.